The molecule has 0 radical (unpaired) electrons. The van der Waals surface area contributed by atoms with E-state index in [9.17, 15) is 0 Å². The van der Waals surface area contributed by atoms with Crippen LogP contribution in [0.4, 0.5) is 0 Å². The van der Waals surface area contributed by atoms with E-state index >= 15 is 0 Å². The normalized spacial score (nSPS) is 16.5. The Labute approximate surface area is 90.9 Å². The third kappa shape index (κ3) is 1.76. The molecule has 2 heterocycles. The fraction of sp³-hybridized carbons (Fsp3) is 0.667. The summed E-state index contributed by atoms with van der Waals surface area (Å²) in [6.45, 7) is 7.94. The zero-order chi connectivity index (χ0) is 10.8. The van der Waals surface area contributed by atoms with Crippen LogP contribution < -0.4 is 0 Å². The number of rotatable bonds is 3. The second-order valence-electron chi connectivity index (χ2n) is 4.14. The van der Waals surface area contributed by atoms with Crippen LogP contribution in [0.5, 0.6) is 0 Å². The lowest BCUT2D eigenvalue weighted by Gasteiger charge is -2.12. The van der Waals surface area contributed by atoms with Crippen molar-refractivity contribution in [1.82, 2.24) is 10.2 Å². The molecule has 1 aliphatic rings. The lowest BCUT2D eigenvalue weighted by Crippen LogP contribution is -2.07. The van der Waals surface area contributed by atoms with Gasteiger partial charge in [0.05, 0.1) is 24.6 Å². The third-order valence-corrected chi connectivity index (χ3v) is 3.21. The van der Waals surface area contributed by atoms with Crippen LogP contribution in [-0.4, -0.2) is 10.2 Å². The van der Waals surface area contributed by atoms with E-state index in [-0.39, 0.29) is 0 Å². The lowest BCUT2D eigenvalue weighted by molar-refractivity contribution is 0.133. The van der Waals surface area contributed by atoms with Gasteiger partial charge in [0, 0.05) is 17.0 Å². The maximum absolute atomic E-state index is 5.51. The summed E-state index contributed by atoms with van der Waals surface area (Å²) in [5.41, 5.74) is 4.84. The summed E-state index contributed by atoms with van der Waals surface area (Å²) in [7, 11) is 0. The summed E-state index contributed by atoms with van der Waals surface area (Å²) in [4.78, 5) is 0. The van der Waals surface area contributed by atoms with E-state index in [2.05, 4.69) is 31.0 Å². The summed E-state index contributed by atoms with van der Waals surface area (Å²) in [5.74, 6) is 0.485. The fourth-order valence-electron chi connectivity index (χ4n) is 2.02. The maximum atomic E-state index is 5.51. The van der Waals surface area contributed by atoms with Crippen LogP contribution in [0.2, 0.25) is 0 Å². The van der Waals surface area contributed by atoms with Crippen LogP contribution in [0, 0.1) is 0 Å². The minimum atomic E-state index is 0.485. The molecule has 15 heavy (non-hydrogen) atoms. The van der Waals surface area contributed by atoms with Crippen molar-refractivity contribution in [3.8, 4) is 0 Å². The molecule has 0 saturated carbocycles. The molecule has 0 fully saturated rings. The molecule has 0 bridgehead atoms. The number of hydrogen-bond acceptors (Lipinski definition) is 3. The van der Waals surface area contributed by atoms with E-state index in [1.54, 1.807) is 0 Å². The number of aromatic nitrogens is 2. The third-order valence-electron chi connectivity index (χ3n) is 3.21. The van der Waals surface area contributed by atoms with E-state index in [0.29, 0.717) is 5.92 Å². The Balaban J connectivity index is 2.47. The molecule has 0 saturated heterocycles. The quantitative estimate of drug-likeness (QED) is 0.762. The van der Waals surface area contributed by atoms with Crippen molar-refractivity contribution in [2.24, 2.45) is 0 Å². The number of hydrogen-bond donors (Lipinski definition) is 0. The highest BCUT2D eigenvalue weighted by Gasteiger charge is 2.22. The van der Waals surface area contributed by atoms with Crippen molar-refractivity contribution in [2.75, 3.05) is 0 Å². The summed E-state index contributed by atoms with van der Waals surface area (Å²) in [5, 5.41) is 8.67. The molecule has 1 aromatic heterocycles. The van der Waals surface area contributed by atoms with Crippen molar-refractivity contribution in [3.63, 3.8) is 0 Å². The van der Waals surface area contributed by atoms with Crippen molar-refractivity contribution in [1.29, 1.82) is 0 Å². The van der Waals surface area contributed by atoms with Gasteiger partial charge in [-0.1, -0.05) is 20.8 Å². The highest BCUT2D eigenvalue weighted by Crippen LogP contribution is 2.29. The summed E-state index contributed by atoms with van der Waals surface area (Å²) in [6, 6.07) is 0. The van der Waals surface area contributed by atoms with Gasteiger partial charge in [0.1, 0.15) is 0 Å². The van der Waals surface area contributed by atoms with Gasteiger partial charge in [0.2, 0.25) is 0 Å². The average molecular weight is 206 g/mol. The minimum absolute atomic E-state index is 0.485. The summed E-state index contributed by atoms with van der Waals surface area (Å²) >= 11 is 0. The second kappa shape index (κ2) is 4.27. The van der Waals surface area contributed by atoms with Crippen LogP contribution in [0.25, 0.3) is 0 Å². The first-order valence-electron chi connectivity index (χ1n) is 5.72. The molecular weight excluding hydrogens is 188 g/mol. The van der Waals surface area contributed by atoms with Gasteiger partial charge >= 0.3 is 0 Å². The number of aryl methyl sites for hydroxylation is 1. The molecule has 3 nitrogen and oxygen atoms in total. The Hall–Kier alpha value is -0.960. The monoisotopic (exact) mass is 206 g/mol. The van der Waals surface area contributed by atoms with Gasteiger partial charge in [-0.25, -0.2) is 0 Å². The van der Waals surface area contributed by atoms with Gasteiger partial charge in [-0.2, -0.15) is 10.2 Å². The molecule has 1 aliphatic heterocycles. The molecule has 1 atom stereocenters. The predicted molar refractivity (Wildman–Crippen MR) is 58.6 cm³/mol. The molecule has 0 N–H and O–H groups in total. The van der Waals surface area contributed by atoms with Crippen LogP contribution >= 0.6 is 0 Å². The molecular formula is C12H18N2O. The zero-order valence-electron chi connectivity index (χ0n) is 9.71. The molecule has 3 heteroatoms. The average Bonchev–Trinajstić information content (AvgIpc) is 2.75. The Morgan fingerprint density at radius 3 is 2.60 bits per heavy atom. The summed E-state index contributed by atoms with van der Waals surface area (Å²) < 4.78 is 5.51. The molecule has 0 aromatic carbocycles. The highest BCUT2D eigenvalue weighted by atomic mass is 16.5. The van der Waals surface area contributed by atoms with Crippen molar-refractivity contribution < 1.29 is 4.74 Å². The van der Waals surface area contributed by atoms with Gasteiger partial charge in [-0.15, -0.1) is 0 Å². The smallest absolute Gasteiger partial charge is 0.0744 e. The van der Waals surface area contributed by atoms with E-state index in [1.807, 2.05) is 0 Å². The molecule has 0 aliphatic carbocycles. The standard InChI is InChI=1S/C12H18N2O/c1-4-8(3)12-10-7-15-6-9(10)11(5-2)13-14-12/h8H,4-7H2,1-3H3. The van der Waals surface area contributed by atoms with Gasteiger partial charge < -0.3 is 4.74 Å². The Kier molecular flexibility index (Phi) is 3.00. The van der Waals surface area contributed by atoms with Crippen molar-refractivity contribution in [3.05, 3.63) is 22.5 Å². The fourth-order valence-corrected chi connectivity index (χ4v) is 2.02. The summed E-state index contributed by atoms with van der Waals surface area (Å²) in [6.07, 6.45) is 2.05. The van der Waals surface area contributed by atoms with Crippen molar-refractivity contribution >= 4 is 0 Å². The van der Waals surface area contributed by atoms with Crippen LogP contribution in [0.3, 0.4) is 0 Å². The first kappa shape index (κ1) is 10.6. The van der Waals surface area contributed by atoms with E-state index in [4.69, 9.17) is 4.74 Å². The molecule has 1 aromatic rings. The minimum Gasteiger partial charge on any atom is -0.372 e. The van der Waals surface area contributed by atoms with Crippen molar-refractivity contribution in [2.45, 2.75) is 52.7 Å². The van der Waals surface area contributed by atoms with E-state index < -0.39 is 0 Å². The topological polar surface area (TPSA) is 35.0 Å². The molecule has 0 amide bonds. The second-order valence-corrected chi connectivity index (χ2v) is 4.14. The largest absolute Gasteiger partial charge is 0.372 e. The molecule has 2 rings (SSSR count). The van der Waals surface area contributed by atoms with Gasteiger partial charge in [0.25, 0.3) is 0 Å². The number of nitrogens with zero attached hydrogens (tertiary/aromatic N) is 2. The Bertz CT molecular complexity index is 363. The molecule has 82 valence electrons. The SMILES string of the molecule is CCc1nnc(C(C)CC)c2c1COC2. The molecule has 0 spiro atoms. The Morgan fingerprint density at radius 1 is 1.20 bits per heavy atom. The van der Waals surface area contributed by atoms with Gasteiger partial charge in [0.15, 0.2) is 0 Å². The zero-order valence-corrected chi connectivity index (χ0v) is 9.71. The Morgan fingerprint density at radius 2 is 1.93 bits per heavy atom. The van der Waals surface area contributed by atoms with Gasteiger partial charge in [-0.3, -0.25) is 0 Å². The lowest BCUT2D eigenvalue weighted by atomic mass is 9.97. The first-order valence-corrected chi connectivity index (χ1v) is 5.72. The number of fused-ring (bicyclic) bond motifs is 1. The van der Waals surface area contributed by atoms with Crippen LogP contribution in [-0.2, 0) is 24.4 Å². The first-order chi connectivity index (χ1) is 7.27. The van der Waals surface area contributed by atoms with Crippen LogP contribution in [0.1, 0.15) is 55.6 Å². The maximum Gasteiger partial charge on any atom is 0.0744 e. The van der Waals surface area contributed by atoms with E-state index in [0.717, 1.165) is 37.4 Å². The highest BCUT2D eigenvalue weighted by molar-refractivity contribution is 5.35. The predicted octanol–water partition coefficient (Wildman–Crippen LogP) is 2.58. The number of ether oxygens (including phenoxy) is 1. The van der Waals surface area contributed by atoms with Crippen LogP contribution in [0.15, 0.2) is 0 Å². The van der Waals surface area contributed by atoms with E-state index in [1.165, 1.54) is 11.1 Å². The van der Waals surface area contributed by atoms with Gasteiger partial charge in [-0.05, 0) is 12.8 Å². The molecule has 1 unspecified atom stereocenters.